The van der Waals surface area contributed by atoms with Gasteiger partial charge >= 0.3 is 48.4 Å². The fraction of sp³-hybridized carbons (Fsp3) is 0.333. The second-order valence-electron chi connectivity index (χ2n) is 1.09. The zero-order chi connectivity index (χ0) is 5.11. The van der Waals surface area contributed by atoms with Crippen molar-refractivity contribution in [3.63, 3.8) is 0 Å². The van der Waals surface area contributed by atoms with E-state index in [1.54, 1.807) is 6.08 Å². The summed E-state index contributed by atoms with van der Waals surface area (Å²) in [6, 6.07) is 0. The van der Waals surface area contributed by atoms with Gasteiger partial charge in [-0.05, 0) is 0 Å². The molecule has 1 N–H and O–H groups in total. The van der Waals surface area contributed by atoms with Crippen LogP contribution in [0.5, 0.6) is 0 Å². The van der Waals surface area contributed by atoms with Crippen molar-refractivity contribution in [1.82, 2.24) is 3.69 Å². The first-order valence-corrected chi connectivity index (χ1v) is 5.61. The standard InChI is InChI=1S/C3H6INO2/c6-4-2-1-3-7-5-4/h1,3-4H,2H2,(H,5,6). The first kappa shape index (κ1) is 5.17. The van der Waals surface area contributed by atoms with Gasteiger partial charge in [0.1, 0.15) is 0 Å². The minimum atomic E-state index is -2.16. The predicted molar refractivity (Wildman–Crippen MR) is 34.3 cm³/mol. The van der Waals surface area contributed by atoms with Gasteiger partial charge in [0.25, 0.3) is 0 Å². The van der Waals surface area contributed by atoms with Crippen LogP contribution in [-0.2, 0) is 7.91 Å². The normalized spacial score (nSPS) is 34.6. The summed E-state index contributed by atoms with van der Waals surface area (Å²) in [5.41, 5.74) is 0. The second-order valence-corrected chi connectivity index (χ2v) is 4.48. The van der Waals surface area contributed by atoms with Crippen LogP contribution in [0.1, 0.15) is 0 Å². The predicted octanol–water partition coefficient (Wildman–Crippen LogP) is 0.534. The fourth-order valence-electron chi connectivity index (χ4n) is 0.290. The van der Waals surface area contributed by atoms with Crippen molar-refractivity contribution in [3.8, 4) is 0 Å². The van der Waals surface area contributed by atoms with Crippen LogP contribution >= 0.6 is 20.1 Å². The van der Waals surface area contributed by atoms with Crippen LogP contribution < -0.4 is 3.69 Å². The maximum absolute atomic E-state index is 10.4. The van der Waals surface area contributed by atoms with E-state index in [-0.39, 0.29) is 0 Å². The Bertz CT molecular complexity index is 112. The molecule has 0 bridgehead atoms. The number of alkyl halides is 1. The molecule has 1 rings (SSSR count). The molecule has 0 saturated heterocycles. The number of halogens is 1. The Kier molecular flexibility index (Phi) is 1.75. The van der Waals surface area contributed by atoms with Gasteiger partial charge in [0.2, 0.25) is 0 Å². The van der Waals surface area contributed by atoms with Gasteiger partial charge in [-0.1, -0.05) is 0 Å². The third-order valence-corrected chi connectivity index (χ3v) is 2.77. The molecule has 1 atom stereocenters. The van der Waals surface area contributed by atoms with E-state index in [0.717, 1.165) is 0 Å². The molecule has 0 radical (unpaired) electrons. The SMILES string of the molecule is O=[IH]1CC=CON1. The average molecular weight is 215 g/mol. The molecule has 0 amide bonds. The second kappa shape index (κ2) is 2.37. The zero-order valence-electron chi connectivity index (χ0n) is 3.59. The van der Waals surface area contributed by atoms with Crippen molar-refractivity contribution in [3.05, 3.63) is 12.3 Å². The van der Waals surface area contributed by atoms with E-state index >= 15 is 0 Å². The van der Waals surface area contributed by atoms with Crippen LogP contribution in [0.2, 0.25) is 0 Å². The van der Waals surface area contributed by atoms with Crippen molar-refractivity contribution < 1.29 is 7.91 Å². The molecule has 0 aromatic heterocycles. The van der Waals surface area contributed by atoms with Crippen molar-refractivity contribution in [2.45, 2.75) is 0 Å². The van der Waals surface area contributed by atoms with Gasteiger partial charge < -0.3 is 0 Å². The minimum absolute atomic E-state index is 0.684. The van der Waals surface area contributed by atoms with Crippen LogP contribution in [0.4, 0.5) is 0 Å². The van der Waals surface area contributed by atoms with Gasteiger partial charge in [0.05, 0.1) is 0 Å². The Morgan fingerprint density at radius 2 is 2.71 bits per heavy atom. The molecule has 0 spiro atoms. The molecule has 0 saturated carbocycles. The molecule has 0 aliphatic carbocycles. The van der Waals surface area contributed by atoms with Gasteiger partial charge in [-0.2, -0.15) is 0 Å². The van der Waals surface area contributed by atoms with Gasteiger partial charge in [-0.15, -0.1) is 0 Å². The van der Waals surface area contributed by atoms with E-state index < -0.39 is 20.1 Å². The summed E-state index contributed by atoms with van der Waals surface area (Å²) in [7, 11) is 0. The van der Waals surface area contributed by atoms with Gasteiger partial charge in [-0.3, -0.25) is 0 Å². The Hall–Kier alpha value is 0.0300. The topological polar surface area (TPSA) is 38.3 Å². The number of hydrogen-bond donors (Lipinski definition) is 1. The van der Waals surface area contributed by atoms with E-state index in [0.29, 0.717) is 4.43 Å². The van der Waals surface area contributed by atoms with E-state index in [1.807, 2.05) is 0 Å². The Labute approximate surface area is 48.8 Å². The molecule has 0 fully saturated rings. The number of allylic oxidation sites excluding steroid dienone is 1. The van der Waals surface area contributed by atoms with Gasteiger partial charge in [0.15, 0.2) is 0 Å². The molecule has 0 aromatic carbocycles. The summed E-state index contributed by atoms with van der Waals surface area (Å²) < 4.78 is 13.5. The molecule has 42 valence electrons. The monoisotopic (exact) mass is 215 g/mol. The summed E-state index contributed by atoms with van der Waals surface area (Å²) in [4.78, 5) is 4.51. The Morgan fingerprint density at radius 3 is 3.00 bits per heavy atom. The molecule has 1 unspecified atom stereocenters. The molecule has 1 heterocycles. The average Bonchev–Trinajstić information content (AvgIpc) is 1.69. The zero-order valence-corrected chi connectivity index (χ0v) is 5.92. The quantitative estimate of drug-likeness (QED) is 0.364. The molecular weight excluding hydrogens is 209 g/mol. The number of nitrogens with one attached hydrogen (secondary N) is 1. The van der Waals surface area contributed by atoms with Gasteiger partial charge in [0, 0.05) is 0 Å². The van der Waals surface area contributed by atoms with E-state index in [9.17, 15) is 3.07 Å². The van der Waals surface area contributed by atoms with Crippen molar-refractivity contribution >= 4 is 20.1 Å². The van der Waals surface area contributed by atoms with Crippen molar-refractivity contribution in [2.75, 3.05) is 4.43 Å². The Balaban J connectivity index is 2.47. The molecule has 1 aliphatic rings. The molecular formula is C3H6INO2. The molecule has 3 nitrogen and oxygen atoms in total. The van der Waals surface area contributed by atoms with Crippen molar-refractivity contribution in [2.24, 2.45) is 0 Å². The van der Waals surface area contributed by atoms with Gasteiger partial charge in [-0.25, -0.2) is 0 Å². The van der Waals surface area contributed by atoms with Crippen LogP contribution in [-0.4, -0.2) is 4.43 Å². The summed E-state index contributed by atoms with van der Waals surface area (Å²) >= 11 is -2.16. The van der Waals surface area contributed by atoms with E-state index in [2.05, 4.69) is 8.53 Å². The van der Waals surface area contributed by atoms with E-state index in [4.69, 9.17) is 0 Å². The van der Waals surface area contributed by atoms with Crippen molar-refractivity contribution in [1.29, 1.82) is 0 Å². The number of hydrogen-bond acceptors (Lipinski definition) is 2. The summed E-state index contributed by atoms with van der Waals surface area (Å²) in [6.45, 7) is 0. The Morgan fingerprint density at radius 1 is 1.86 bits per heavy atom. The molecule has 4 heteroatoms. The molecule has 7 heavy (non-hydrogen) atoms. The summed E-state index contributed by atoms with van der Waals surface area (Å²) in [6.07, 6.45) is 3.27. The third kappa shape index (κ3) is 1.52. The molecule has 0 aromatic rings. The first-order valence-electron chi connectivity index (χ1n) is 1.84. The van der Waals surface area contributed by atoms with Crippen LogP contribution in [0.15, 0.2) is 12.3 Å². The van der Waals surface area contributed by atoms with Crippen LogP contribution in [0, 0.1) is 0 Å². The van der Waals surface area contributed by atoms with Crippen LogP contribution in [0.3, 0.4) is 0 Å². The summed E-state index contributed by atoms with van der Waals surface area (Å²) in [5, 5.41) is 0. The maximum atomic E-state index is 10.4. The number of rotatable bonds is 0. The third-order valence-electron chi connectivity index (χ3n) is 0.553. The fourth-order valence-corrected chi connectivity index (χ4v) is 1.67. The first-order chi connectivity index (χ1) is 3.39. The van der Waals surface area contributed by atoms with E-state index in [1.165, 1.54) is 6.26 Å². The molecule has 1 aliphatic heterocycles. The summed E-state index contributed by atoms with van der Waals surface area (Å²) in [5.74, 6) is 0. The van der Waals surface area contributed by atoms with Crippen LogP contribution in [0.25, 0.3) is 0 Å².